The van der Waals surface area contributed by atoms with Crippen molar-refractivity contribution in [2.24, 2.45) is 0 Å². The Morgan fingerprint density at radius 3 is 1.80 bits per heavy atom. The van der Waals surface area contributed by atoms with Gasteiger partial charge in [-0.2, -0.15) is 0 Å². The van der Waals surface area contributed by atoms with E-state index in [1.165, 1.54) is 86.6 Å². The summed E-state index contributed by atoms with van der Waals surface area (Å²) < 4.78 is 2.62. The highest BCUT2D eigenvalue weighted by molar-refractivity contribution is 7.26. The van der Waals surface area contributed by atoms with Crippen LogP contribution in [0.25, 0.3) is 53.2 Å². The zero-order valence-electron chi connectivity index (χ0n) is 30.1. The Morgan fingerprint density at radius 2 is 1.10 bits per heavy atom. The topological polar surface area (TPSA) is 12.0 Å². The van der Waals surface area contributed by atoms with Gasteiger partial charge < -0.3 is 5.32 Å². The van der Waals surface area contributed by atoms with Gasteiger partial charge >= 0.3 is 0 Å². The van der Waals surface area contributed by atoms with Gasteiger partial charge in [-0.05, 0) is 89.9 Å². The standard InChI is InChI=1S/C49H41NS/c1-47(2,3)30-22-24-33-34-25-23-31(48(4,5)6)28-40(34)49(39(33)27-30)37-18-11-9-16-35(37)45-38(49)19-13-20-41(45)50-42-26-29-14-7-8-15-32(29)44-36-17-10-12-21-43(36)51-46(42)44/h7-28,50H,1-6H3. The van der Waals surface area contributed by atoms with Gasteiger partial charge in [0.25, 0.3) is 0 Å². The van der Waals surface area contributed by atoms with Crippen LogP contribution in [0.3, 0.4) is 0 Å². The summed E-state index contributed by atoms with van der Waals surface area (Å²) in [6, 6.07) is 50.8. The summed E-state index contributed by atoms with van der Waals surface area (Å²) in [6.45, 7) is 14.0. The summed E-state index contributed by atoms with van der Waals surface area (Å²) in [5.74, 6) is 0. The average molecular weight is 676 g/mol. The largest absolute Gasteiger partial charge is 0.354 e. The molecule has 0 aliphatic heterocycles. The second-order valence-electron chi connectivity index (χ2n) is 16.6. The van der Waals surface area contributed by atoms with Gasteiger partial charge in [-0.15, -0.1) is 11.3 Å². The minimum Gasteiger partial charge on any atom is -0.354 e. The molecule has 2 aliphatic rings. The monoisotopic (exact) mass is 675 g/mol. The van der Waals surface area contributed by atoms with E-state index in [0.29, 0.717) is 0 Å². The molecule has 1 N–H and O–H groups in total. The lowest BCUT2D eigenvalue weighted by atomic mass is 9.69. The van der Waals surface area contributed by atoms with Crippen molar-refractivity contribution >= 4 is 53.7 Å². The fourth-order valence-corrected chi connectivity index (χ4v) is 10.3. The number of nitrogens with one attached hydrogen (secondary N) is 1. The number of anilines is 2. The normalized spacial score (nSPS) is 14.2. The molecule has 0 saturated carbocycles. The van der Waals surface area contributed by atoms with E-state index in [1.807, 2.05) is 11.3 Å². The minimum absolute atomic E-state index is 0.0254. The Morgan fingerprint density at radius 1 is 0.490 bits per heavy atom. The molecule has 0 radical (unpaired) electrons. The van der Waals surface area contributed by atoms with Gasteiger partial charge in [-0.25, -0.2) is 0 Å². The van der Waals surface area contributed by atoms with E-state index in [-0.39, 0.29) is 10.8 Å². The fourth-order valence-electron chi connectivity index (χ4n) is 9.08. The highest BCUT2D eigenvalue weighted by atomic mass is 32.1. The van der Waals surface area contributed by atoms with E-state index in [1.54, 1.807) is 0 Å². The molecule has 0 bridgehead atoms. The summed E-state index contributed by atoms with van der Waals surface area (Å²) in [5.41, 5.74) is 15.5. The number of hydrogen-bond donors (Lipinski definition) is 1. The smallest absolute Gasteiger partial charge is 0.0726 e. The Kier molecular flexibility index (Phi) is 6.27. The third-order valence-corrected chi connectivity index (χ3v) is 12.8. The van der Waals surface area contributed by atoms with Gasteiger partial charge in [0.1, 0.15) is 0 Å². The fraction of sp³-hybridized carbons (Fsp3) is 0.184. The van der Waals surface area contributed by atoms with Crippen molar-refractivity contribution in [3.8, 4) is 22.3 Å². The Labute approximate surface area is 304 Å². The Bertz CT molecular complexity index is 2680. The molecule has 1 spiro atoms. The van der Waals surface area contributed by atoms with Crippen molar-refractivity contribution in [3.63, 3.8) is 0 Å². The van der Waals surface area contributed by atoms with Crippen molar-refractivity contribution in [2.75, 3.05) is 5.32 Å². The second kappa shape index (κ2) is 10.4. The molecule has 0 amide bonds. The number of hydrogen-bond acceptors (Lipinski definition) is 2. The first-order valence-corrected chi connectivity index (χ1v) is 19.0. The summed E-state index contributed by atoms with van der Waals surface area (Å²) >= 11 is 1.89. The van der Waals surface area contributed by atoms with Gasteiger partial charge in [-0.1, -0.05) is 157 Å². The van der Waals surface area contributed by atoms with Crippen LogP contribution in [0.2, 0.25) is 0 Å². The molecule has 8 aromatic rings. The Hall–Kier alpha value is -5.18. The molecular formula is C49H41NS. The molecule has 248 valence electrons. The van der Waals surface area contributed by atoms with Gasteiger partial charge in [0.15, 0.2) is 0 Å². The molecule has 10 rings (SSSR count). The second-order valence-corrected chi connectivity index (χ2v) is 17.7. The van der Waals surface area contributed by atoms with Crippen LogP contribution in [0.4, 0.5) is 11.4 Å². The third kappa shape index (κ3) is 4.20. The summed E-state index contributed by atoms with van der Waals surface area (Å²) in [5, 5.41) is 9.30. The molecule has 1 aromatic heterocycles. The first kappa shape index (κ1) is 30.6. The first-order valence-electron chi connectivity index (χ1n) is 18.2. The van der Waals surface area contributed by atoms with Crippen LogP contribution in [0, 0.1) is 0 Å². The highest BCUT2D eigenvalue weighted by Gasteiger charge is 2.52. The van der Waals surface area contributed by atoms with Crippen LogP contribution >= 0.6 is 11.3 Å². The van der Waals surface area contributed by atoms with Crippen molar-refractivity contribution in [3.05, 3.63) is 167 Å². The average Bonchev–Trinajstić information content (AvgIpc) is 3.76. The van der Waals surface area contributed by atoms with Crippen molar-refractivity contribution in [1.29, 1.82) is 0 Å². The molecule has 1 heterocycles. The number of benzene rings is 7. The minimum atomic E-state index is -0.423. The van der Waals surface area contributed by atoms with Crippen LogP contribution < -0.4 is 5.32 Å². The highest BCUT2D eigenvalue weighted by Crippen LogP contribution is 2.64. The lowest BCUT2D eigenvalue weighted by molar-refractivity contribution is 0.586. The van der Waals surface area contributed by atoms with E-state index in [9.17, 15) is 0 Å². The van der Waals surface area contributed by atoms with E-state index >= 15 is 0 Å². The Balaban J connectivity index is 1.28. The maximum Gasteiger partial charge on any atom is 0.0726 e. The van der Waals surface area contributed by atoms with E-state index < -0.39 is 5.41 Å². The zero-order chi connectivity index (χ0) is 34.9. The predicted octanol–water partition coefficient (Wildman–Crippen LogP) is 13.9. The molecule has 1 nitrogen and oxygen atoms in total. The van der Waals surface area contributed by atoms with Crippen molar-refractivity contribution in [2.45, 2.75) is 57.8 Å². The van der Waals surface area contributed by atoms with Gasteiger partial charge in [0.2, 0.25) is 0 Å². The van der Waals surface area contributed by atoms with E-state index in [2.05, 4.69) is 180 Å². The molecule has 0 fully saturated rings. The molecule has 2 heteroatoms. The van der Waals surface area contributed by atoms with Crippen LogP contribution in [-0.2, 0) is 16.2 Å². The van der Waals surface area contributed by atoms with Crippen LogP contribution in [0.1, 0.15) is 74.9 Å². The number of fused-ring (bicyclic) bond motifs is 15. The maximum absolute atomic E-state index is 4.08. The number of thiophene rings is 1. The van der Waals surface area contributed by atoms with Crippen LogP contribution in [0.15, 0.2) is 133 Å². The molecule has 7 aromatic carbocycles. The molecule has 0 atom stereocenters. The molecule has 0 saturated heterocycles. The lowest BCUT2D eigenvalue weighted by Crippen LogP contribution is -2.27. The SMILES string of the molecule is CC(C)(C)c1ccc2c(c1)C1(c3cc(C(C)(C)C)ccc3-2)c2ccccc2-c2c(Nc3cc4ccccc4c4c3sc3ccccc34)cccc21. The lowest BCUT2D eigenvalue weighted by Gasteiger charge is -2.33. The molecule has 2 aliphatic carbocycles. The van der Waals surface area contributed by atoms with Gasteiger partial charge in [0.05, 0.1) is 15.8 Å². The van der Waals surface area contributed by atoms with Crippen LogP contribution in [-0.4, -0.2) is 0 Å². The van der Waals surface area contributed by atoms with Crippen LogP contribution in [0.5, 0.6) is 0 Å². The molecule has 0 unspecified atom stereocenters. The zero-order valence-corrected chi connectivity index (χ0v) is 30.9. The van der Waals surface area contributed by atoms with Crippen molar-refractivity contribution < 1.29 is 0 Å². The molecular weight excluding hydrogens is 635 g/mol. The predicted molar refractivity (Wildman–Crippen MR) is 220 cm³/mol. The van der Waals surface area contributed by atoms with Gasteiger partial charge in [-0.3, -0.25) is 0 Å². The summed E-state index contributed by atoms with van der Waals surface area (Å²) in [6.07, 6.45) is 0. The van der Waals surface area contributed by atoms with E-state index in [4.69, 9.17) is 0 Å². The van der Waals surface area contributed by atoms with E-state index in [0.717, 1.165) is 11.4 Å². The first-order chi connectivity index (χ1) is 24.5. The van der Waals surface area contributed by atoms with Crippen molar-refractivity contribution in [1.82, 2.24) is 0 Å². The summed E-state index contributed by atoms with van der Waals surface area (Å²) in [7, 11) is 0. The quantitative estimate of drug-likeness (QED) is 0.192. The molecule has 51 heavy (non-hydrogen) atoms. The third-order valence-electron chi connectivity index (χ3n) is 11.6. The number of rotatable bonds is 2. The van der Waals surface area contributed by atoms with Gasteiger partial charge in [0, 0.05) is 26.7 Å². The summed E-state index contributed by atoms with van der Waals surface area (Å²) in [4.78, 5) is 0. The maximum atomic E-state index is 4.08.